The van der Waals surface area contributed by atoms with E-state index in [0.717, 1.165) is 0 Å². The van der Waals surface area contributed by atoms with Gasteiger partial charge in [0.1, 0.15) is 0 Å². The molecule has 68 valence electrons. The molecular weight excluding hydrogens is 160 g/mol. The van der Waals surface area contributed by atoms with Gasteiger partial charge in [0.2, 0.25) is 0 Å². The molecule has 0 amide bonds. The largest absolute Gasteiger partial charge is 0.469 e. The Balaban J connectivity index is 4.20. The minimum atomic E-state index is -0.497. The van der Waals surface area contributed by atoms with E-state index in [2.05, 4.69) is 9.47 Å². The Bertz CT molecular complexity index is 205. The summed E-state index contributed by atoms with van der Waals surface area (Å²) in [6.07, 6.45) is 1.49. The van der Waals surface area contributed by atoms with Gasteiger partial charge in [-0.15, -0.1) is 0 Å². The summed E-state index contributed by atoms with van der Waals surface area (Å²) in [7, 11) is 2.54. The summed E-state index contributed by atoms with van der Waals surface area (Å²) >= 11 is 0. The predicted octanol–water partition coefficient (Wildman–Crippen LogP) is 0.669. The first kappa shape index (κ1) is 10.7. The molecule has 0 radical (unpaired) electrons. The molecule has 0 rings (SSSR count). The number of hydrogen-bond donors (Lipinski definition) is 0. The maximum absolute atomic E-state index is 10.9. The molecule has 0 bridgehead atoms. The fourth-order valence-corrected chi connectivity index (χ4v) is 0.651. The van der Waals surface area contributed by atoms with Crippen molar-refractivity contribution in [3.05, 3.63) is 11.6 Å². The summed E-state index contributed by atoms with van der Waals surface area (Å²) in [6.45, 7) is 1.66. The van der Waals surface area contributed by atoms with E-state index in [4.69, 9.17) is 0 Å². The Labute approximate surface area is 71.2 Å². The van der Waals surface area contributed by atoms with Crippen LogP contribution in [0.4, 0.5) is 0 Å². The molecule has 0 aromatic carbocycles. The van der Waals surface area contributed by atoms with Crippen molar-refractivity contribution in [1.82, 2.24) is 0 Å². The van der Waals surface area contributed by atoms with E-state index in [1.807, 2.05) is 0 Å². The standard InChI is InChI=1S/C8H12O4/c1-4-6(8(10)12-3)5-7(9)11-2/h4H,5H2,1-3H3/b6-4+. The Morgan fingerprint density at radius 2 is 1.83 bits per heavy atom. The number of rotatable bonds is 3. The summed E-state index contributed by atoms with van der Waals surface area (Å²) in [5.41, 5.74) is 0.310. The first-order valence-electron chi connectivity index (χ1n) is 3.46. The van der Waals surface area contributed by atoms with Gasteiger partial charge in [-0.3, -0.25) is 4.79 Å². The van der Waals surface area contributed by atoms with Crippen molar-refractivity contribution < 1.29 is 19.1 Å². The van der Waals surface area contributed by atoms with Gasteiger partial charge in [-0.25, -0.2) is 4.79 Å². The minimum Gasteiger partial charge on any atom is -0.469 e. The SMILES string of the molecule is C/C=C(\CC(=O)OC)C(=O)OC. The number of carbonyl (C=O) groups excluding carboxylic acids is 2. The molecule has 4 heteroatoms. The maximum atomic E-state index is 10.9. The van der Waals surface area contributed by atoms with E-state index < -0.39 is 11.9 Å². The molecule has 0 aliphatic carbocycles. The van der Waals surface area contributed by atoms with Crippen LogP contribution in [0.5, 0.6) is 0 Å². The lowest BCUT2D eigenvalue weighted by Crippen LogP contribution is -2.10. The Morgan fingerprint density at radius 3 is 2.17 bits per heavy atom. The van der Waals surface area contributed by atoms with Crippen LogP contribution >= 0.6 is 0 Å². The van der Waals surface area contributed by atoms with Gasteiger partial charge in [-0.2, -0.15) is 0 Å². The van der Waals surface area contributed by atoms with Crippen LogP contribution in [-0.2, 0) is 19.1 Å². The topological polar surface area (TPSA) is 52.6 Å². The number of hydrogen-bond acceptors (Lipinski definition) is 4. The molecule has 0 saturated heterocycles. The Kier molecular flexibility index (Phi) is 4.76. The van der Waals surface area contributed by atoms with E-state index in [1.165, 1.54) is 20.3 Å². The molecule has 12 heavy (non-hydrogen) atoms. The minimum absolute atomic E-state index is 0.0420. The monoisotopic (exact) mass is 172 g/mol. The molecule has 0 aromatic rings. The molecule has 0 spiro atoms. The lowest BCUT2D eigenvalue weighted by Gasteiger charge is -2.02. The zero-order chi connectivity index (χ0) is 9.56. The van der Waals surface area contributed by atoms with Gasteiger partial charge in [0.05, 0.1) is 20.6 Å². The van der Waals surface area contributed by atoms with Crippen molar-refractivity contribution in [2.75, 3.05) is 14.2 Å². The second-order valence-electron chi connectivity index (χ2n) is 2.06. The van der Waals surface area contributed by atoms with Crippen LogP contribution in [0.3, 0.4) is 0 Å². The van der Waals surface area contributed by atoms with Crippen molar-refractivity contribution in [1.29, 1.82) is 0 Å². The highest BCUT2D eigenvalue weighted by Gasteiger charge is 2.12. The fraction of sp³-hybridized carbons (Fsp3) is 0.500. The first-order valence-corrected chi connectivity index (χ1v) is 3.46. The molecule has 0 aromatic heterocycles. The van der Waals surface area contributed by atoms with Gasteiger partial charge in [-0.05, 0) is 6.92 Å². The predicted molar refractivity (Wildman–Crippen MR) is 42.4 cm³/mol. The molecule has 0 heterocycles. The summed E-state index contributed by atoms with van der Waals surface area (Å²) < 4.78 is 8.82. The van der Waals surface area contributed by atoms with Crippen LogP contribution in [0.2, 0.25) is 0 Å². The maximum Gasteiger partial charge on any atom is 0.333 e. The van der Waals surface area contributed by atoms with Crippen LogP contribution in [0.15, 0.2) is 11.6 Å². The smallest absolute Gasteiger partial charge is 0.333 e. The average molecular weight is 172 g/mol. The first-order chi connectivity index (χ1) is 5.65. The van der Waals surface area contributed by atoms with Crippen molar-refractivity contribution >= 4 is 11.9 Å². The molecule has 0 fully saturated rings. The number of carbonyl (C=O) groups is 2. The van der Waals surface area contributed by atoms with Crippen LogP contribution in [-0.4, -0.2) is 26.2 Å². The molecular formula is C8H12O4. The third-order valence-corrected chi connectivity index (χ3v) is 1.36. The highest BCUT2D eigenvalue weighted by molar-refractivity contribution is 5.93. The Hall–Kier alpha value is -1.32. The highest BCUT2D eigenvalue weighted by Crippen LogP contribution is 2.04. The third-order valence-electron chi connectivity index (χ3n) is 1.36. The van der Waals surface area contributed by atoms with Gasteiger partial charge in [0, 0.05) is 5.57 Å². The van der Waals surface area contributed by atoms with Gasteiger partial charge in [-0.1, -0.05) is 6.08 Å². The van der Waals surface area contributed by atoms with E-state index in [0.29, 0.717) is 5.57 Å². The fourth-order valence-electron chi connectivity index (χ4n) is 0.651. The number of methoxy groups -OCH3 is 2. The molecule has 0 N–H and O–H groups in total. The lowest BCUT2D eigenvalue weighted by molar-refractivity contribution is -0.143. The third kappa shape index (κ3) is 3.18. The van der Waals surface area contributed by atoms with E-state index >= 15 is 0 Å². The zero-order valence-corrected chi connectivity index (χ0v) is 7.42. The van der Waals surface area contributed by atoms with Crippen molar-refractivity contribution in [3.63, 3.8) is 0 Å². The van der Waals surface area contributed by atoms with Crippen LogP contribution in [0, 0.1) is 0 Å². The van der Waals surface area contributed by atoms with Crippen molar-refractivity contribution in [2.24, 2.45) is 0 Å². The normalized spacial score (nSPS) is 10.8. The van der Waals surface area contributed by atoms with Crippen LogP contribution < -0.4 is 0 Å². The van der Waals surface area contributed by atoms with Crippen LogP contribution in [0.1, 0.15) is 13.3 Å². The summed E-state index contributed by atoms with van der Waals surface area (Å²) in [5, 5.41) is 0. The lowest BCUT2D eigenvalue weighted by atomic mass is 10.2. The van der Waals surface area contributed by atoms with Gasteiger partial charge in [0.15, 0.2) is 0 Å². The van der Waals surface area contributed by atoms with Gasteiger partial charge < -0.3 is 9.47 Å². The van der Waals surface area contributed by atoms with E-state index in [9.17, 15) is 9.59 Å². The Morgan fingerprint density at radius 1 is 1.25 bits per heavy atom. The quantitative estimate of drug-likeness (QED) is 0.463. The van der Waals surface area contributed by atoms with Crippen LogP contribution in [0.25, 0.3) is 0 Å². The van der Waals surface area contributed by atoms with Gasteiger partial charge >= 0.3 is 11.9 Å². The highest BCUT2D eigenvalue weighted by atomic mass is 16.5. The number of ether oxygens (including phenoxy) is 2. The number of allylic oxidation sites excluding steroid dienone is 1. The summed E-state index contributed by atoms with van der Waals surface area (Å²) in [5.74, 6) is -0.948. The summed E-state index contributed by atoms with van der Waals surface area (Å²) in [6, 6.07) is 0. The molecule has 0 atom stereocenters. The molecule has 0 aliphatic heterocycles. The average Bonchev–Trinajstić information content (AvgIpc) is 2.12. The van der Waals surface area contributed by atoms with Crippen molar-refractivity contribution in [3.8, 4) is 0 Å². The molecule has 0 unspecified atom stereocenters. The molecule has 0 saturated carbocycles. The summed E-state index contributed by atoms with van der Waals surface area (Å²) in [4.78, 5) is 21.6. The zero-order valence-electron chi connectivity index (χ0n) is 7.42. The van der Waals surface area contributed by atoms with Crippen molar-refractivity contribution in [2.45, 2.75) is 13.3 Å². The molecule has 4 nitrogen and oxygen atoms in total. The van der Waals surface area contributed by atoms with E-state index in [1.54, 1.807) is 6.92 Å². The van der Waals surface area contributed by atoms with E-state index in [-0.39, 0.29) is 6.42 Å². The second kappa shape index (κ2) is 5.35. The number of esters is 2. The second-order valence-corrected chi connectivity index (χ2v) is 2.06. The molecule has 0 aliphatic rings. The van der Waals surface area contributed by atoms with Gasteiger partial charge in [0.25, 0.3) is 0 Å².